The van der Waals surface area contributed by atoms with Crippen LogP contribution < -0.4 is 11.1 Å². The minimum Gasteiger partial charge on any atom is -0.377 e. The Morgan fingerprint density at radius 2 is 1.95 bits per heavy atom. The molecule has 2 aromatic rings. The number of hydrogen-bond acceptors (Lipinski definition) is 2. The maximum absolute atomic E-state index is 13.9. The van der Waals surface area contributed by atoms with Gasteiger partial charge < -0.3 is 11.1 Å². The fraction of sp³-hybridized carbons (Fsp3) is 0.200. The van der Waals surface area contributed by atoms with Crippen LogP contribution in [0.4, 0.5) is 10.1 Å². The molecule has 0 aliphatic heterocycles. The molecule has 0 amide bonds. The second kappa shape index (κ2) is 6.44. The molecule has 2 aromatic carbocycles. The molecule has 0 aromatic heterocycles. The van der Waals surface area contributed by atoms with Crippen LogP contribution in [-0.2, 0) is 0 Å². The monoisotopic (exact) mass is 312 g/mol. The van der Waals surface area contributed by atoms with E-state index in [0.29, 0.717) is 15.6 Å². The molecular weight excluding hydrogens is 298 g/mol. The Morgan fingerprint density at radius 3 is 2.60 bits per heavy atom. The SMILES string of the molecule is Cc1ccc(NC(CN)c2cc(Cl)ccc2F)cc1Cl. The fourth-order valence-corrected chi connectivity index (χ4v) is 2.29. The Morgan fingerprint density at radius 1 is 1.20 bits per heavy atom. The van der Waals surface area contributed by atoms with Crippen molar-refractivity contribution >= 4 is 28.9 Å². The van der Waals surface area contributed by atoms with Crippen LogP contribution in [0.1, 0.15) is 17.2 Å². The van der Waals surface area contributed by atoms with Crippen molar-refractivity contribution in [2.24, 2.45) is 5.73 Å². The largest absolute Gasteiger partial charge is 0.377 e. The Bertz CT molecular complexity index is 617. The molecule has 0 bridgehead atoms. The van der Waals surface area contributed by atoms with Crippen LogP contribution in [0.5, 0.6) is 0 Å². The molecule has 0 aliphatic carbocycles. The first kappa shape index (κ1) is 15.1. The smallest absolute Gasteiger partial charge is 0.128 e. The van der Waals surface area contributed by atoms with Gasteiger partial charge in [0.15, 0.2) is 0 Å². The first-order valence-electron chi connectivity index (χ1n) is 6.19. The Kier molecular flexibility index (Phi) is 4.86. The van der Waals surface area contributed by atoms with Gasteiger partial charge in [0.1, 0.15) is 5.82 Å². The molecule has 0 fully saturated rings. The average Bonchev–Trinajstić information content (AvgIpc) is 2.43. The summed E-state index contributed by atoms with van der Waals surface area (Å²) in [7, 11) is 0. The number of rotatable bonds is 4. The van der Waals surface area contributed by atoms with Crippen molar-refractivity contribution in [2.75, 3.05) is 11.9 Å². The molecule has 106 valence electrons. The fourth-order valence-electron chi connectivity index (χ4n) is 1.93. The summed E-state index contributed by atoms with van der Waals surface area (Å²) in [5.74, 6) is -0.337. The van der Waals surface area contributed by atoms with Crippen molar-refractivity contribution in [2.45, 2.75) is 13.0 Å². The molecular formula is C15H15Cl2FN2. The zero-order chi connectivity index (χ0) is 14.7. The van der Waals surface area contributed by atoms with Crippen LogP contribution in [0.25, 0.3) is 0 Å². The third-order valence-electron chi connectivity index (χ3n) is 3.08. The number of nitrogens with two attached hydrogens (primary N) is 1. The average molecular weight is 313 g/mol. The molecule has 2 rings (SSSR count). The summed E-state index contributed by atoms with van der Waals surface area (Å²) in [6, 6.07) is 9.63. The summed E-state index contributed by atoms with van der Waals surface area (Å²) in [5, 5.41) is 4.30. The van der Waals surface area contributed by atoms with E-state index in [1.807, 2.05) is 19.1 Å². The van der Waals surface area contributed by atoms with Gasteiger partial charge in [-0.1, -0.05) is 29.3 Å². The van der Waals surface area contributed by atoms with E-state index in [4.69, 9.17) is 28.9 Å². The quantitative estimate of drug-likeness (QED) is 0.869. The molecule has 0 spiro atoms. The van der Waals surface area contributed by atoms with E-state index in [2.05, 4.69) is 5.32 Å². The molecule has 3 N–H and O–H groups in total. The molecule has 0 aliphatic rings. The van der Waals surface area contributed by atoms with Gasteiger partial charge in [0, 0.05) is 27.8 Å². The lowest BCUT2D eigenvalue weighted by Gasteiger charge is -2.20. The molecule has 2 nitrogen and oxygen atoms in total. The maximum atomic E-state index is 13.9. The minimum atomic E-state index is -0.368. The van der Waals surface area contributed by atoms with Crippen molar-refractivity contribution < 1.29 is 4.39 Å². The summed E-state index contributed by atoms with van der Waals surface area (Å²) >= 11 is 12.0. The van der Waals surface area contributed by atoms with Gasteiger partial charge >= 0.3 is 0 Å². The van der Waals surface area contributed by atoms with Crippen LogP contribution in [0.3, 0.4) is 0 Å². The Labute approximate surface area is 127 Å². The van der Waals surface area contributed by atoms with Gasteiger partial charge in [0.05, 0.1) is 6.04 Å². The summed E-state index contributed by atoms with van der Waals surface area (Å²) in [6.07, 6.45) is 0. The lowest BCUT2D eigenvalue weighted by Crippen LogP contribution is -2.21. The minimum absolute atomic E-state index is 0.239. The topological polar surface area (TPSA) is 38.0 Å². The predicted molar refractivity (Wildman–Crippen MR) is 83.0 cm³/mol. The summed E-state index contributed by atoms with van der Waals surface area (Å²) in [6.45, 7) is 2.16. The second-order valence-corrected chi connectivity index (χ2v) is 5.41. The molecule has 0 saturated heterocycles. The van der Waals surface area contributed by atoms with E-state index in [-0.39, 0.29) is 18.4 Å². The highest BCUT2D eigenvalue weighted by molar-refractivity contribution is 6.31. The van der Waals surface area contributed by atoms with E-state index in [1.54, 1.807) is 12.1 Å². The molecule has 20 heavy (non-hydrogen) atoms. The maximum Gasteiger partial charge on any atom is 0.128 e. The lowest BCUT2D eigenvalue weighted by atomic mass is 10.1. The number of aryl methyl sites for hydroxylation is 1. The van der Waals surface area contributed by atoms with Crippen molar-refractivity contribution in [3.8, 4) is 0 Å². The molecule has 1 atom stereocenters. The molecule has 0 saturated carbocycles. The van der Waals surface area contributed by atoms with Crippen molar-refractivity contribution in [1.82, 2.24) is 0 Å². The van der Waals surface area contributed by atoms with Crippen LogP contribution in [-0.4, -0.2) is 6.54 Å². The zero-order valence-corrected chi connectivity index (χ0v) is 12.5. The van der Waals surface area contributed by atoms with E-state index in [9.17, 15) is 4.39 Å². The Hall–Kier alpha value is -1.29. The van der Waals surface area contributed by atoms with Gasteiger partial charge in [0.2, 0.25) is 0 Å². The van der Waals surface area contributed by atoms with E-state index in [1.165, 1.54) is 12.1 Å². The summed E-state index contributed by atoms with van der Waals surface area (Å²) < 4.78 is 13.9. The molecule has 0 radical (unpaired) electrons. The van der Waals surface area contributed by atoms with Crippen LogP contribution in [0.15, 0.2) is 36.4 Å². The second-order valence-electron chi connectivity index (χ2n) is 4.56. The van der Waals surface area contributed by atoms with Gasteiger partial charge in [-0.3, -0.25) is 0 Å². The number of anilines is 1. The summed E-state index contributed by atoms with van der Waals surface area (Å²) in [5.41, 5.74) is 7.95. The molecule has 1 unspecified atom stereocenters. The first-order valence-corrected chi connectivity index (χ1v) is 6.94. The van der Waals surface area contributed by atoms with Gasteiger partial charge in [0.25, 0.3) is 0 Å². The number of benzene rings is 2. The highest BCUT2D eigenvalue weighted by Gasteiger charge is 2.15. The van der Waals surface area contributed by atoms with Crippen LogP contribution >= 0.6 is 23.2 Å². The van der Waals surface area contributed by atoms with E-state index >= 15 is 0 Å². The third kappa shape index (κ3) is 3.42. The van der Waals surface area contributed by atoms with Gasteiger partial charge in [-0.2, -0.15) is 0 Å². The van der Waals surface area contributed by atoms with Gasteiger partial charge in [-0.15, -0.1) is 0 Å². The Balaban J connectivity index is 2.28. The van der Waals surface area contributed by atoms with Gasteiger partial charge in [-0.25, -0.2) is 4.39 Å². The summed E-state index contributed by atoms with van der Waals surface area (Å²) in [4.78, 5) is 0. The van der Waals surface area contributed by atoms with Crippen LogP contribution in [0.2, 0.25) is 10.0 Å². The predicted octanol–water partition coefficient (Wildman–Crippen LogP) is 4.55. The van der Waals surface area contributed by atoms with Crippen molar-refractivity contribution in [3.63, 3.8) is 0 Å². The number of halogens is 3. The van der Waals surface area contributed by atoms with Crippen molar-refractivity contribution in [3.05, 3.63) is 63.4 Å². The third-order valence-corrected chi connectivity index (χ3v) is 3.72. The van der Waals surface area contributed by atoms with E-state index in [0.717, 1.165) is 11.3 Å². The van der Waals surface area contributed by atoms with Crippen LogP contribution in [0, 0.1) is 12.7 Å². The van der Waals surface area contributed by atoms with E-state index < -0.39 is 0 Å². The first-order chi connectivity index (χ1) is 9.51. The molecule has 0 heterocycles. The lowest BCUT2D eigenvalue weighted by molar-refractivity contribution is 0.593. The standard InChI is InChI=1S/C15H15Cl2FN2/c1-9-2-4-11(7-13(9)17)20-15(8-19)12-6-10(16)3-5-14(12)18/h2-7,15,20H,8,19H2,1H3. The number of hydrogen-bond donors (Lipinski definition) is 2. The number of nitrogens with one attached hydrogen (secondary N) is 1. The highest BCUT2D eigenvalue weighted by Crippen LogP contribution is 2.26. The van der Waals surface area contributed by atoms with Gasteiger partial charge in [-0.05, 0) is 42.8 Å². The van der Waals surface area contributed by atoms with Crippen molar-refractivity contribution in [1.29, 1.82) is 0 Å². The normalized spacial score (nSPS) is 12.2. The highest BCUT2D eigenvalue weighted by atomic mass is 35.5. The molecule has 5 heteroatoms. The zero-order valence-electron chi connectivity index (χ0n) is 11.0.